The Kier molecular flexibility index (Phi) is 5.64. The molecule has 0 bridgehead atoms. The number of pyridine rings is 1. The van der Waals surface area contributed by atoms with Crippen molar-refractivity contribution >= 4 is 33.0 Å². The molecule has 0 aliphatic carbocycles. The maximum absolute atomic E-state index is 13.2. The summed E-state index contributed by atoms with van der Waals surface area (Å²) in [5, 5.41) is 6.82. The van der Waals surface area contributed by atoms with Gasteiger partial charge in [0.25, 0.3) is 5.91 Å². The second kappa shape index (κ2) is 8.91. The van der Waals surface area contributed by atoms with E-state index in [-0.39, 0.29) is 11.1 Å². The number of anilines is 1. The van der Waals surface area contributed by atoms with Crippen molar-refractivity contribution in [1.29, 1.82) is 0 Å². The fourth-order valence-corrected chi connectivity index (χ4v) is 3.78. The number of aromatic amines is 1. The monoisotopic (exact) mass is 519 g/mol. The Morgan fingerprint density at radius 1 is 1.09 bits per heavy atom. The summed E-state index contributed by atoms with van der Waals surface area (Å²) in [6.07, 6.45) is 5.99. The number of H-pyrrole nitrogens is 1. The van der Waals surface area contributed by atoms with Crippen LogP contribution in [0, 0.1) is 5.82 Å². The minimum Gasteiger partial charge on any atom is -0.437 e. The molecule has 0 aliphatic rings. The van der Waals surface area contributed by atoms with E-state index < -0.39 is 17.2 Å². The molecule has 0 unspecified atom stereocenters. The maximum atomic E-state index is 13.2. The predicted octanol–water partition coefficient (Wildman–Crippen LogP) is 5.03. The van der Waals surface area contributed by atoms with Crippen molar-refractivity contribution in [2.24, 2.45) is 0 Å². The fourth-order valence-electron chi connectivity index (χ4n) is 3.37. The van der Waals surface area contributed by atoms with Gasteiger partial charge in [-0.15, -0.1) is 0 Å². The van der Waals surface area contributed by atoms with E-state index in [9.17, 15) is 14.0 Å². The zero-order valence-electron chi connectivity index (χ0n) is 17.3. The van der Waals surface area contributed by atoms with E-state index in [4.69, 9.17) is 4.74 Å². The first-order valence-electron chi connectivity index (χ1n) is 10.0. The molecule has 5 aromatic rings. The molecule has 2 N–H and O–H groups in total. The van der Waals surface area contributed by atoms with Gasteiger partial charge in [0.05, 0.1) is 0 Å². The van der Waals surface area contributed by atoms with Gasteiger partial charge in [-0.2, -0.15) is 10.1 Å². The number of carbonyl (C=O) groups is 1. The summed E-state index contributed by atoms with van der Waals surface area (Å²) >= 11 is 3.40. The highest BCUT2D eigenvalue weighted by molar-refractivity contribution is 9.10. The average Bonchev–Trinajstić information content (AvgIpc) is 3.22. The number of aromatic nitrogens is 4. The number of ether oxygens (including phenoxy) is 1. The van der Waals surface area contributed by atoms with E-state index in [0.717, 1.165) is 4.47 Å². The molecule has 0 radical (unpaired) electrons. The molecule has 168 valence electrons. The topological polar surface area (TPSA) is 101 Å². The number of rotatable bonds is 5. The third-order valence-corrected chi connectivity index (χ3v) is 5.44. The van der Waals surface area contributed by atoms with E-state index in [1.165, 1.54) is 43.0 Å². The molecular weight excluding hydrogens is 505 g/mol. The molecule has 0 saturated heterocycles. The van der Waals surface area contributed by atoms with Crippen LogP contribution in [0.25, 0.3) is 16.6 Å². The zero-order chi connectivity index (χ0) is 23.7. The summed E-state index contributed by atoms with van der Waals surface area (Å²) in [6, 6.07) is 14.0. The molecule has 5 rings (SSSR count). The zero-order valence-corrected chi connectivity index (χ0v) is 18.9. The van der Waals surface area contributed by atoms with Gasteiger partial charge in [-0.1, -0.05) is 12.1 Å². The van der Waals surface area contributed by atoms with Gasteiger partial charge in [0.2, 0.25) is 11.3 Å². The molecule has 0 spiro atoms. The van der Waals surface area contributed by atoms with Crippen LogP contribution in [-0.4, -0.2) is 25.5 Å². The van der Waals surface area contributed by atoms with Crippen molar-refractivity contribution in [3.05, 3.63) is 106 Å². The van der Waals surface area contributed by atoms with Crippen molar-refractivity contribution in [3.8, 4) is 22.8 Å². The van der Waals surface area contributed by atoms with Gasteiger partial charge in [-0.05, 0) is 64.0 Å². The van der Waals surface area contributed by atoms with Crippen LogP contribution in [-0.2, 0) is 0 Å². The van der Waals surface area contributed by atoms with Crippen molar-refractivity contribution in [3.63, 3.8) is 0 Å². The van der Waals surface area contributed by atoms with E-state index in [1.807, 2.05) is 6.07 Å². The Bertz CT molecular complexity index is 1560. The molecular formula is C24H15BrFN5O3. The number of nitrogens with one attached hydrogen (secondary N) is 2. The van der Waals surface area contributed by atoms with Crippen molar-refractivity contribution in [1.82, 2.24) is 19.6 Å². The number of benzene rings is 2. The minimum absolute atomic E-state index is 0.0654. The van der Waals surface area contributed by atoms with Crippen LogP contribution >= 0.6 is 15.9 Å². The Balaban J connectivity index is 1.33. The fraction of sp³-hybridized carbons (Fsp3) is 0. The Labute approximate surface area is 200 Å². The number of hydrogen-bond acceptors (Lipinski definition) is 5. The highest BCUT2D eigenvalue weighted by atomic mass is 79.9. The lowest BCUT2D eigenvalue weighted by molar-refractivity contribution is 0.102. The van der Waals surface area contributed by atoms with E-state index in [1.54, 1.807) is 35.0 Å². The Morgan fingerprint density at radius 2 is 1.85 bits per heavy atom. The van der Waals surface area contributed by atoms with Gasteiger partial charge in [0.1, 0.15) is 29.0 Å². The molecule has 0 atom stereocenters. The number of nitrogens with zero attached hydrogens (tertiary/aromatic N) is 3. The van der Waals surface area contributed by atoms with Gasteiger partial charge < -0.3 is 15.0 Å². The van der Waals surface area contributed by atoms with E-state index >= 15 is 0 Å². The van der Waals surface area contributed by atoms with Crippen molar-refractivity contribution in [2.75, 3.05) is 5.32 Å². The third kappa shape index (κ3) is 4.30. The lowest BCUT2D eigenvalue weighted by Gasteiger charge is -2.09. The quantitative estimate of drug-likeness (QED) is 0.339. The molecule has 10 heteroatoms. The number of hydrogen-bond donors (Lipinski definition) is 2. The molecule has 0 aliphatic heterocycles. The van der Waals surface area contributed by atoms with Crippen LogP contribution in [0.5, 0.6) is 11.6 Å². The number of fused-ring (bicyclic) bond motifs is 1. The van der Waals surface area contributed by atoms with Crippen LogP contribution in [0.1, 0.15) is 10.4 Å². The standard InChI is InChI=1S/C24H15BrFN5O3/c25-15-9-21-24(28-13-29-31(21)12-15)34-18-7-5-17(6-8-18)30-23(33)20-11-27-10-19(22(20)32)14-1-3-16(26)4-2-14/h1-13H,(H,27,32)(H,30,33). The lowest BCUT2D eigenvalue weighted by Crippen LogP contribution is -2.22. The molecule has 1 amide bonds. The maximum Gasteiger partial charge on any atom is 0.261 e. The van der Waals surface area contributed by atoms with E-state index in [2.05, 4.69) is 36.3 Å². The smallest absolute Gasteiger partial charge is 0.261 e. The SMILES string of the molecule is O=C(Nc1ccc(Oc2ncnn3cc(Br)cc23)cc1)c1c[nH]cc(-c2ccc(F)cc2)c1=O. The second-order valence-electron chi connectivity index (χ2n) is 7.25. The van der Waals surface area contributed by atoms with Gasteiger partial charge in [0, 0.05) is 34.3 Å². The van der Waals surface area contributed by atoms with Crippen LogP contribution < -0.4 is 15.5 Å². The first kappa shape index (κ1) is 21.5. The number of amides is 1. The summed E-state index contributed by atoms with van der Waals surface area (Å²) in [5.74, 6) is -0.102. The highest BCUT2D eigenvalue weighted by Crippen LogP contribution is 2.27. The first-order chi connectivity index (χ1) is 16.5. The largest absolute Gasteiger partial charge is 0.437 e. The van der Waals surface area contributed by atoms with Gasteiger partial charge in [-0.25, -0.2) is 8.91 Å². The Morgan fingerprint density at radius 3 is 2.62 bits per heavy atom. The van der Waals surface area contributed by atoms with Gasteiger partial charge >= 0.3 is 0 Å². The lowest BCUT2D eigenvalue weighted by atomic mass is 10.0. The number of carbonyl (C=O) groups excluding carboxylic acids is 1. The van der Waals surface area contributed by atoms with Crippen molar-refractivity contribution < 1.29 is 13.9 Å². The Hall–Kier alpha value is -4.31. The molecule has 8 nitrogen and oxygen atoms in total. The molecule has 0 saturated carbocycles. The van der Waals surface area contributed by atoms with Crippen LogP contribution in [0.2, 0.25) is 0 Å². The molecule has 3 heterocycles. The normalized spacial score (nSPS) is 10.9. The minimum atomic E-state index is -0.575. The third-order valence-electron chi connectivity index (χ3n) is 5.01. The summed E-state index contributed by atoms with van der Waals surface area (Å²) in [4.78, 5) is 32.6. The first-order valence-corrected chi connectivity index (χ1v) is 10.8. The predicted molar refractivity (Wildman–Crippen MR) is 128 cm³/mol. The summed E-state index contributed by atoms with van der Waals surface area (Å²) in [7, 11) is 0. The van der Waals surface area contributed by atoms with E-state index in [0.29, 0.717) is 28.4 Å². The van der Waals surface area contributed by atoms with Crippen LogP contribution in [0.15, 0.2) is 88.8 Å². The molecule has 34 heavy (non-hydrogen) atoms. The summed E-state index contributed by atoms with van der Waals surface area (Å²) in [5.41, 5.74) is 1.41. The van der Waals surface area contributed by atoms with Crippen LogP contribution in [0.3, 0.4) is 0 Å². The highest BCUT2D eigenvalue weighted by Gasteiger charge is 2.15. The average molecular weight is 520 g/mol. The van der Waals surface area contributed by atoms with Crippen LogP contribution in [0.4, 0.5) is 10.1 Å². The number of halogens is 2. The second-order valence-corrected chi connectivity index (χ2v) is 8.17. The molecule has 2 aromatic carbocycles. The molecule has 0 fully saturated rings. The van der Waals surface area contributed by atoms with Gasteiger partial charge in [0.15, 0.2) is 0 Å². The van der Waals surface area contributed by atoms with Crippen molar-refractivity contribution in [2.45, 2.75) is 0 Å². The summed E-state index contributed by atoms with van der Waals surface area (Å²) < 4.78 is 21.5. The molecule has 3 aromatic heterocycles. The summed E-state index contributed by atoms with van der Waals surface area (Å²) in [6.45, 7) is 0. The van der Waals surface area contributed by atoms with Gasteiger partial charge in [-0.3, -0.25) is 9.59 Å².